The van der Waals surface area contributed by atoms with Gasteiger partial charge in [0, 0.05) is 11.8 Å². The van der Waals surface area contributed by atoms with E-state index in [1.807, 2.05) is 0 Å². The predicted octanol–water partition coefficient (Wildman–Crippen LogP) is 3.47. The van der Waals surface area contributed by atoms with Crippen LogP contribution in [0.2, 0.25) is 5.02 Å². The average Bonchev–Trinajstić information content (AvgIpc) is 2.59. The van der Waals surface area contributed by atoms with Crippen LogP contribution in [0.5, 0.6) is 11.5 Å². The Morgan fingerprint density at radius 3 is 2.34 bits per heavy atom. The Morgan fingerprint density at radius 1 is 1.12 bits per heavy atom. The summed E-state index contributed by atoms with van der Waals surface area (Å²) in [5.74, 6) is -4.66. The van der Waals surface area contributed by atoms with Crippen LogP contribution < -0.4 is 19.1 Å². The fraction of sp³-hybridized carbons (Fsp3) is 0.278. The standard InChI is InChI=1S/C18H14ClF5N2O5S/c1-32(28,29)25-17(27)11-5-14(21)16(6-13(11)20)30-10-7-26(8-10)9-2-3-15(12(19)4-9)31-18(22,23)24/h2-6,10H,7-8H2,1H3,(H,25,27). The van der Waals surface area contributed by atoms with Gasteiger partial charge in [0.25, 0.3) is 5.91 Å². The summed E-state index contributed by atoms with van der Waals surface area (Å²) in [6.07, 6.45) is -4.80. The smallest absolute Gasteiger partial charge is 0.484 e. The molecule has 1 fully saturated rings. The van der Waals surface area contributed by atoms with E-state index >= 15 is 0 Å². The molecule has 0 radical (unpaired) electrons. The van der Waals surface area contributed by atoms with E-state index in [9.17, 15) is 35.2 Å². The molecule has 1 saturated heterocycles. The molecule has 32 heavy (non-hydrogen) atoms. The number of hydrogen-bond acceptors (Lipinski definition) is 6. The van der Waals surface area contributed by atoms with Gasteiger partial charge < -0.3 is 14.4 Å². The minimum atomic E-state index is -4.89. The SMILES string of the molecule is CS(=O)(=O)NC(=O)c1cc(F)c(OC2CN(c3ccc(OC(F)(F)F)c(Cl)c3)C2)cc1F. The number of nitrogens with one attached hydrogen (secondary N) is 1. The van der Waals surface area contributed by atoms with Crippen molar-refractivity contribution in [2.45, 2.75) is 12.5 Å². The van der Waals surface area contributed by atoms with Crippen molar-refractivity contribution in [1.82, 2.24) is 4.72 Å². The molecule has 0 atom stereocenters. The number of alkyl halides is 3. The number of hydrogen-bond donors (Lipinski definition) is 1. The van der Waals surface area contributed by atoms with Gasteiger partial charge in [-0.3, -0.25) is 4.79 Å². The molecule has 7 nitrogen and oxygen atoms in total. The van der Waals surface area contributed by atoms with Gasteiger partial charge >= 0.3 is 6.36 Å². The second-order valence-corrected chi connectivity index (χ2v) is 8.93. The molecule has 1 aliphatic heterocycles. The van der Waals surface area contributed by atoms with Crippen LogP contribution in [0.3, 0.4) is 0 Å². The van der Waals surface area contributed by atoms with Crippen LogP contribution in [0.4, 0.5) is 27.6 Å². The van der Waals surface area contributed by atoms with E-state index in [4.69, 9.17) is 16.3 Å². The third-order valence-corrected chi connectivity index (χ3v) is 5.04. The Balaban J connectivity index is 1.63. The van der Waals surface area contributed by atoms with Crippen LogP contribution in [0.15, 0.2) is 30.3 Å². The first-order chi connectivity index (χ1) is 14.7. The van der Waals surface area contributed by atoms with Gasteiger partial charge in [-0.15, -0.1) is 13.2 Å². The molecule has 1 amide bonds. The molecule has 3 rings (SSSR count). The van der Waals surface area contributed by atoms with Crippen molar-refractivity contribution >= 4 is 33.2 Å². The summed E-state index contributed by atoms with van der Waals surface area (Å²) in [7, 11) is -3.97. The first-order valence-electron chi connectivity index (χ1n) is 8.70. The minimum Gasteiger partial charge on any atom is -0.484 e. The Bertz CT molecular complexity index is 1150. The van der Waals surface area contributed by atoms with E-state index in [0.29, 0.717) is 24.1 Å². The highest BCUT2D eigenvalue weighted by atomic mass is 35.5. The molecule has 14 heteroatoms. The minimum absolute atomic E-state index is 0.188. The molecular formula is C18H14ClF5N2O5S. The number of carbonyl (C=O) groups excluding carboxylic acids is 1. The fourth-order valence-electron chi connectivity index (χ4n) is 2.81. The van der Waals surface area contributed by atoms with E-state index < -0.39 is 57.1 Å². The van der Waals surface area contributed by atoms with Crippen LogP contribution in [0.1, 0.15) is 10.4 Å². The highest BCUT2D eigenvalue weighted by Gasteiger charge is 2.33. The second kappa shape index (κ2) is 8.62. The molecule has 2 aromatic carbocycles. The van der Waals surface area contributed by atoms with Gasteiger partial charge in [-0.2, -0.15) is 0 Å². The maximum absolute atomic E-state index is 14.2. The van der Waals surface area contributed by atoms with E-state index in [1.165, 1.54) is 16.9 Å². The molecule has 0 spiro atoms. The highest BCUT2D eigenvalue weighted by molar-refractivity contribution is 7.89. The number of anilines is 1. The van der Waals surface area contributed by atoms with Gasteiger partial charge in [0.15, 0.2) is 11.6 Å². The van der Waals surface area contributed by atoms with Crippen molar-refractivity contribution in [1.29, 1.82) is 0 Å². The third kappa shape index (κ3) is 5.91. The Hall–Kier alpha value is -2.80. The van der Waals surface area contributed by atoms with Gasteiger partial charge in [-0.1, -0.05) is 11.6 Å². The summed E-state index contributed by atoms with van der Waals surface area (Å²) >= 11 is 5.80. The van der Waals surface area contributed by atoms with Crippen LogP contribution in [0.25, 0.3) is 0 Å². The topological polar surface area (TPSA) is 84.9 Å². The summed E-state index contributed by atoms with van der Waals surface area (Å²) in [5.41, 5.74) is -0.352. The lowest BCUT2D eigenvalue weighted by Crippen LogP contribution is -2.54. The number of rotatable bonds is 6. The van der Waals surface area contributed by atoms with E-state index in [-0.39, 0.29) is 18.1 Å². The molecule has 0 aromatic heterocycles. The zero-order valence-electron chi connectivity index (χ0n) is 16.0. The van der Waals surface area contributed by atoms with Crippen LogP contribution in [-0.4, -0.2) is 46.1 Å². The van der Waals surface area contributed by atoms with Gasteiger partial charge in [-0.25, -0.2) is 21.9 Å². The third-order valence-electron chi connectivity index (χ3n) is 4.19. The first kappa shape index (κ1) is 23.9. The lowest BCUT2D eigenvalue weighted by atomic mass is 10.1. The Kier molecular flexibility index (Phi) is 6.43. The fourth-order valence-corrected chi connectivity index (χ4v) is 3.47. The van der Waals surface area contributed by atoms with Gasteiger partial charge in [0.2, 0.25) is 10.0 Å². The largest absolute Gasteiger partial charge is 0.573 e. The number of nitrogens with zero attached hydrogens (tertiary/aromatic N) is 1. The molecule has 0 saturated carbocycles. The number of halogens is 6. The Labute approximate surface area is 183 Å². The number of carbonyl (C=O) groups is 1. The molecule has 174 valence electrons. The van der Waals surface area contributed by atoms with Gasteiger partial charge in [-0.05, 0) is 24.3 Å². The second-order valence-electron chi connectivity index (χ2n) is 6.77. The molecule has 2 aromatic rings. The normalized spacial score (nSPS) is 14.7. The molecule has 0 aliphatic carbocycles. The lowest BCUT2D eigenvalue weighted by molar-refractivity contribution is -0.274. The average molecular weight is 501 g/mol. The van der Waals surface area contributed by atoms with Crippen LogP contribution in [0, 0.1) is 11.6 Å². The Morgan fingerprint density at radius 2 is 1.78 bits per heavy atom. The molecule has 1 heterocycles. The number of sulfonamides is 1. The van der Waals surface area contributed by atoms with Crippen molar-refractivity contribution in [3.8, 4) is 11.5 Å². The zero-order valence-corrected chi connectivity index (χ0v) is 17.6. The maximum Gasteiger partial charge on any atom is 0.573 e. The van der Waals surface area contributed by atoms with E-state index in [0.717, 1.165) is 6.07 Å². The molecule has 1 aliphatic rings. The first-order valence-corrected chi connectivity index (χ1v) is 11.0. The van der Waals surface area contributed by atoms with Crippen molar-refractivity contribution in [3.63, 3.8) is 0 Å². The summed E-state index contributed by atoms with van der Waals surface area (Å²) in [5, 5.41) is -0.264. The predicted molar refractivity (Wildman–Crippen MR) is 103 cm³/mol. The highest BCUT2D eigenvalue weighted by Crippen LogP contribution is 2.35. The summed E-state index contributed by atoms with van der Waals surface area (Å²) in [6.45, 7) is 0.375. The number of benzene rings is 2. The van der Waals surface area contributed by atoms with E-state index in [1.54, 1.807) is 4.90 Å². The van der Waals surface area contributed by atoms with Gasteiger partial charge in [0.05, 0.1) is 29.9 Å². The molecule has 0 unspecified atom stereocenters. The van der Waals surface area contributed by atoms with Crippen molar-refractivity contribution in [2.75, 3.05) is 24.2 Å². The lowest BCUT2D eigenvalue weighted by Gasteiger charge is -2.40. The van der Waals surface area contributed by atoms with Crippen LogP contribution in [-0.2, 0) is 10.0 Å². The summed E-state index contributed by atoms with van der Waals surface area (Å²) in [4.78, 5) is 13.4. The van der Waals surface area contributed by atoms with Gasteiger partial charge in [0.1, 0.15) is 17.7 Å². The molecular weight excluding hydrogens is 487 g/mol. The zero-order chi connectivity index (χ0) is 23.8. The number of ether oxygens (including phenoxy) is 2. The monoisotopic (exact) mass is 500 g/mol. The molecule has 0 bridgehead atoms. The van der Waals surface area contributed by atoms with Crippen molar-refractivity contribution in [2.24, 2.45) is 0 Å². The summed E-state index contributed by atoms with van der Waals surface area (Å²) in [6, 6.07) is 4.79. The van der Waals surface area contributed by atoms with E-state index in [2.05, 4.69) is 4.74 Å². The van der Waals surface area contributed by atoms with Crippen molar-refractivity contribution < 1.29 is 44.6 Å². The number of amides is 1. The molecule has 1 N–H and O–H groups in total. The maximum atomic E-state index is 14.2. The van der Waals surface area contributed by atoms with Crippen molar-refractivity contribution in [3.05, 3.63) is 52.6 Å². The quantitative estimate of drug-likeness (QED) is 0.611. The summed E-state index contributed by atoms with van der Waals surface area (Å²) < 4.78 is 98.1. The van der Waals surface area contributed by atoms with Crippen LogP contribution >= 0.6 is 11.6 Å².